The maximum absolute atomic E-state index is 12.4. The van der Waals surface area contributed by atoms with Crippen molar-refractivity contribution in [1.82, 2.24) is 0 Å². The van der Waals surface area contributed by atoms with Crippen LogP contribution in [0.5, 0.6) is 0 Å². The lowest BCUT2D eigenvalue weighted by atomic mass is 9.78. The fraction of sp³-hybridized carbons (Fsp3) is 0.920. The lowest BCUT2D eigenvalue weighted by Gasteiger charge is -2.30. The summed E-state index contributed by atoms with van der Waals surface area (Å²) in [7, 11) is 1.34. The summed E-state index contributed by atoms with van der Waals surface area (Å²) < 4.78 is 10.2. The van der Waals surface area contributed by atoms with E-state index >= 15 is 0 Å². The van der Waals surface area contributed by atoms with Gasteiger partial charge in [0.05, 0.1) is 31.7 Å². The lowest BCUT2D eigenvalue weighted by molar-refractivity contribution is -0.163. The maximum atomic E-state index is 12.4. The van der Waals surface area contributed by atoms with E-state index in [0.717, 1.165) is 12.8 Å². The van der Waals surface area contributed by atoms with Gasteiger partial charge < -0.3 is 14.6 Å². The van der Waals surface area contributed by atoms with Crippen LogP contribution >= 0.6 is 0 Å². The number of aliphatic hydroxyl groups excluding tert-OH is 1. The van der Waals surface area contributed by atoms with Crippen molar-refractivity contribution in [3.05, 3.63) is 0 Å². The average molecular weight is 427 g/mol. The number of unbranched alkanes of at least 4 members (excludes halogenated alkanes) is 13. The number of methoxy groups -OCH3 is 1. The van der Waals surface area contributed by atoms with Crippen LogP contribution in [0.15, 0.2) is 0 Å². The Kier molecular flexibility index (Phi) is 15.8. The molecule has 0 aromatic heterocycles. The van der Waals surface area contributed by atoms with Crippen LogP contribution in [0.4, 0.5) is 0 Å². The summed E-state index contributed by atoms with van der Waals surface area (Å²) in [6.07, 6.45) is 18.8. The van der Waals surface area contributed by atoms with Crippen molar-refractivity contribution in [2.45, 2.75) is 122 Å². The molecule has 1 saturated carbocycles. The highest BCUT2D eigenvalue weighted by Crippen LogP contribution is 2.32. The van der Waals surface area contributed by atoms with Gasteiger partial charge in [-0.3, -0.25) is 9.59 Å². The Balaban J connectivity index is 1.98. The summed E-state index contributed by atoms with van der Waals surface area (Å²) in [5.74, 6) is -1.80. The molecule has 3 unspecified atom stereocenters. The third-order valence-electron chi connectivity index (χ3n) is 6.37. The van der Waals surface area contributed by atoms with Gasteiger partial charge in [0.2, 0.25) is 0 Å². The first-order chi connectivity index (χ1) is 14.6. The van der Waals surface area contributed by atoms with E-state index in [9.17, 15) is 14.7 Å². The molecular formula is C25H46O5. The summed E-state index contributed by atoms with van der Waals surface area (Å²) in [6, 6.07) is 0. The van der Waals surface area contributed by atoms with E-state index < -0.39 is 17.9 Å². The summed E-state index contributed by atoms with van der Waals surface area (Å²) in [5, 5.41) is 9.84. The molecule has 0 aromatic rings. The lowest BCUT2D eigenvalue weighted by Crippen LogP contribution is -2.39. The summed E-state index contributed by atoms with van der Waals surface area (Å²) in [5.41, 5.74) is 0. The first-order valence-corrected chi connectivity index (χ1v) is 12.5. The van der Waals surface area contributed by atoms with E-state index in [2.05, 4.69) is 6.92 Å². The van der Waals surface area contributed by atoms with E-state index in [0.29, 0.717) is 19.4 Å². The zero-order valence-electron chi connectivity index (χ0n) is 19.5. The fourth-order valence-electron chi connectivity index (χ4n) is 4.42. The predicted molar refractivity (Wildman–Crippen MR) is 120 cm³/mol. The third kappa shape index (κ3) is 11.9. The first-order valence-electron chi connectivity index (χ1n) is 12.5. The summed E-state index contributed by atoms with van der Waals surface area (Å²) in [4.78, 5) is 24.3. The van der Waals surface area contributed by atoms with Crippen LogP contribution in [0.1, 0.15) is 116 Å². The largest absolute Gasteiger partial charge is 0.469 e. The fourth-order valence-corrected chi connectivity index (χ4v) is 4.42. The molecule has 1 aliphatic rings. The van der Waals surface area contributed by atoms with Crippen LogP contribution in [-0.4, -0.2) is 36.9 Å². The molecule has 0 bridgehead atoms. The highest BCUT2D eigenvalue weighted by Gasteiger charge is 2.40. The molecule has 0 radical (unpaired) electrons. The van der Waals surface area contributed by atoms with Crippen LogP contribution < -0.4 is 0 Å². The standard InChI is InChI=1S/C25H46O5/c1-3-4-5-6-7-8-9-10-11-12-13-14-15-16-19-30-25(28)23-20-21(26)17-18-22(23)24(27)29-2/h21-23,26H,3-20H2,1-2H3. The van der Waals surface area contributed by atoms with Crippen molar-refractivity contribution in [3.63, 3.8) is 0 Å². The molecule has 5 nitrogen and oxygen atoms in total. The molecule has 5 heteroatoms. The number of hydrogen-bond donors (Lipinski definition) is 1. The Morgan fingerprint density at radius 2 is 1.23 bits per heavy atom. The zero-order valence-corrected chi connectivity index (χ0v) is 19.5. The molecule has 0 saturated heterocycles. The molecule has 30 heavy (non-hydrogen) atoms. The predicted octanol–water partition coefficient (Wildman–Crippen LogP) is 5.96. The van der Waals surface area contributed by atoms with Gasteiger partial charge in [0.25, 0.3) is 0 Å². The molecule has 0 spiro atoms. The number of esters is 2. The molecule has 0 heterocycles. The molecule has 3 atom stereocenters. The molecule has 1 aliphatic carbocycles. The number of hydrogen-bond acceptors (Lipinski definition) is 5. The van der Waals surface area contributed by atoms with E-state index in [-0.39, 0.29) is 18.4 Å². The van der Waals surface area contributed by atoms with Crippen LogP contribution in [0.2, 0.25) is 0 Å². The Hall–Kier alpha value is -1.10. The van der Waals surface area contributed by atoms with Gasteiger partial charge in [-0.05, 0) is 25.7 Å². The second-order valence-corrected chi connectivity index (χ2v) is 8.97. The van der Waals surface area contributed by atoms with Crippen molar-refractivity contribution < 1.29 is 24.2 Å². The van der Waals surface area contributed by atoms with E-state index in [1.165, 1.54) is 84.2 Å². The van der Waals surface area contributed by atoms with Gasteiger partial charge in [-0.1, -0.05) is 90.4 Å². The number of rotatable bonds is 17. The van der Waals surface area contributed by atoms with Gasteiger partial charge in [-0.15, -0.1) is 0 Å². The molecule has 1 rings (SSSR count). The van der Waals surface area contributed by atoms with Crippen molar-refractivity contribution in [2.24, 2.45) is 11.8 Å². The molecule has 176 valence electrons. The molecule has 0 aliphatic heterocycles. The van der Waals surface area contributed by atoms with E-state index in [1.54, 1.807) is 0 Å². The average Bonchev–Trinajstić information content (AvgIpc) is 2.75. The van der Waals surface area contributed by atoms with Gasteiger partial charge in [0.1, 0.15) is 0 Å². The van der Waals surface area contributed by atoms with Gasteiger partial charge >= 0.3 is 11.9 Å². The zero-order chi connectivity index (χ0) is 22.0. The van der Waals surface area contributed by atoms with Crippen LogP contribution in [-0.2, 0) is 19.1 Å². The molecule has 0 amide bonds. The third-order valence-corrected chi connectivity index (χ3v) is 6.37. The van der Waals surface area contributed by atoms with Crippen molar-refractivity contribution >= 4 is 11.9 Å². The second-order valence-electron chi connectivity index (χ2n) is 8.97. The minimum atomic E-state index is -0.576. The van der Waals surface area contributed by atoms with Crippen molar-refractivity contribution in [3.8, 4) is 0 Å². The number of aliphatic hydroxyl groups is 1. The first kappa shape index (κ1) is 26.9. The Morgan fingerprint density at radius 3 is 1.73 bits per heavy atom. The topological polar surface area (TPSA) is 72.8 Å². The van der Waals surface area contributed by atoms with Crippen LogP contribution in [0, 0.1) is 11.8 Å². The Labute approximate surface area is 184 Å². The van der Waals surface area contributed by atoms with E-state index in [1.807, 2.05) is 0 Å². The van der Waals surface area contributed by atoms with Crippen LogP contribution in [0.25, 0.3) is 0 Å². The molecule has 0 aromatic carbocycles. The minimum absolute atomic E-state index is 0.289. The maximum Gasteiger partial charge on any atom is 0.309 e. The number of carbonyl (C=O) groups is 2. The van der Waals surface area contributed by atoms with Crippen molar-refractivity contribution in [1.29, 1.82) is 0 Å². The summed E-state index contributed by atoms with van der Waals surface area (Å²) >= 11 is 0. The van der Waals surface area contributed by atoms with Gasteiger partial charge in [0, 0.05) is 0 Å². The highest BCUT2D eigenvalue weighted by molar-refractivity contribution is 5.82. The quantitative estimate of drug-likeness (QED) is 0.229. The van der Waals surface area contributed by atoms with Gasteiger partial charge in [-0.2, -0.15) is 0 Å². The van der Waals surface area contributed by atoms with Crippen molar-refractivity contribution in [2.75, 3.05) is 13.7 Å². The molecule has 1 N–H and O–H groups in total. The second kappa shape index (κ2) is 17.6. The smallest absolute Gasteiger partial charge is 0.309 e. The van der Waals surface area contributed by atoms with Gasteiger partial charge in [0.15, 0.2) is 0 Å². The van der Waals surface area contributed by atoms with Gasteiger partial charge in [-0.25, -0.2) is 0 Å². The SMILES string of the molecule is CCCCCCCCCCCCCCCCOC(=O)C1CC(O)CCC1C(=O)OC. The van der Waals surface area contributed by atoms with Crippen LogP contribution in [0.3, 0.4) is 0 Å². The summed E-state index contributed by atoms with van der Waals surface area (Å²) in [6.45, 7) is 2.66. The Bertz CT molecular complexity index is 451. The minimum Gasteiger partial charge on any atom is -0.469 e. The number of carbonyl (C=O) groups excluding carboxylic acids is 2. The number of ether oxygens (including phenoxy) is 2. The van der Waals surface area contributed by atoms with E-state index in [4.69, 9.17) is 9.47 Å². The molecular weight excluding hydrogens is 380 g/mol. The highest BCUT2D eigenvalue weighted by atomic mass is 16.5. The molecule has 1 fully saturated rings. The monoisotopic (exact) mass is 426 g/mol. The Morgan fingerprint density at radius 1 is 0.733 bits per heavy atom. The normalized spacial score (nSPS) is 21.4.